The van der Waals surface area contributed by atoms with Crippen LogP contribution >= 0.6 is 12.6 Å². The van der Waals surface area contributed by atoms with Crippen molar-refractivity contribution in [2.75, 3.05) is 12.3 Å². The zero-order chi connectivity index (χ0) is 13.1. The second kappa shape index (κ2) is 5.48. The van der Waals surface area contributed by atoms with Crippen LogP contribution in [0.1, 0.15) is 12.2 Å². The molecule has 1 aliphatic heterocycles. The van der Waals surface area contributed by atoms with Crippen molar-refractivity contribution >= 4 is 24.5 Å². The number of carbonyl (C=O) groups is 2. The van der Waals surface area contributed by atoms with Crippen LogP contribution in [0.5, 0.6) is 0 Å². The molecule has 0 saturated carbocycles. The van der Waals surface area contributed by atoms with Crippen LogP contribution in [0.25, 0.3) is 0 Å². The van der Waals surface area contributed by atoms with Crippen LogP contribution in [0, 0.1) is 5.92 Å². The first-order valence-corrected chi connectivity index (χ1v) is 6.40. The van der Waals surface area contributed by atoms with E-state index in [0.29, 0.717) is 24.5 Å². The lowest BCUT2D eigenvalue weighted by Crippen LogP contribution is -2.43. The first kappa shape index (κ1) is 13.0. The molecule has 98 valence electrons. The van der Waals surface area contributed by atoms with Crippen LogP contribution < -0.4 is 0 Å². The summed E-state index contributed by atoms with van der Waals surface area (Å²) >= 11 is 4.16. The van der Waals surface area contributed by atoms with E-state index in [1.807, 2.05) is 0 Å². The summed E-state index contributed by atoms with van der Waals surface area (Å²) < 4.78 is 5.15. The normalized spacial score (nSPS) is 21.3. The van der Waals surface area contributed by atoms with Gasteiger partial charge in [-0.2, -0.15) is 12.6 Å². The molecule has 1 N–H and O–H groups in total. The van der Waals surface area contributed by atoms with Crippen molar-refractivity contribution < 1.29 is 19.1 Å². The van der Waals surface area contributed by atoms with Gasteiger partial charge in [0.2, 0.25) is 5.91 Å². The van der Waals surface area contributed by atoms with Crippen molar-refractivity contribution in [3.63, 3.8) is 0 Å². The van der Waals surface area contributed by atoms with E-state index in [9.17, 15) is 14.7 Å². The van der Waals surface area contributed by atoms with Crippen LogP contribution in [-0.4, -0.2) is 40.2 Å². The third kappa shape index (κ3) is 2.69. The lowest BCUT2D eigenvalue weighted by atomic mass is 10.1. The molecule has 0 radical (unpaired) electrons. The van der Waals surface area contributed by atoms with Gasteiger partial charge >= 0.3 is 5.97 Å². The van der Waals surface area contributed by atoms with Crippen molar-refractivity contribution in [1.82, 2.24) is 4.90 Å². The lowest BCUT2D eigenvalue weighted by molar-refractivity contribution is -0.148. The molecule has 1 amide bonds. The predicted octanol–water partition coefficient (Wildman–Crippen LogP) is 1.05. The third-order valence-electron chi connectivity index (χ3n) is 3.13. The molecule has 1 aromatic rings. The van der Waals surface area contributed by atoms with E-state index in [4.69, 9.17) is 4.42 Å². The van der Waals surface area contributed by atoms with Gasteiger partial charge in [-0.15, -0.1) is 0 Å². The lowest BCUT2D eigenvalue weighted by Gasteiger charge is -2.23. The second-order valence-electron chi connectivity index (χ2n) is 4.44. The van der Waals surface area contributed by atoms with Crippen LogP contribution in [0.2, 0.25) is 0 Å². The van der Waals surface area contributed by atoms with Gasteiger partial charge in [-0.05, 0) is 23.8 Å². The molecule has 0 spiro atoms. The molecule has 1 fully saturated rings. The Kier molecular flexibility index (Phi) is 3.96. The van der Waals surface area contributed by atoms with Gasteiger partial charge in [0.15, 0.2) is 0 Å². The number of likely N-dealkylation sites (tertiary alicyclic amines) is 1. The maximum absolute atomic E-state index is 11.8. The molecule has 2 rings (SSSR count). The number of rotatable bonds is 5. The van der Waals surface area contributed by atoms with Crippen LogP contribution in [0.4, 0.5) is 0 Å². The molecule has 0 aliphatic carbocycles. The van der Waals surface area contributed by atoms with E-state index in [0.717, 1.165) is 0 Å². The number of carboxylic acids is 1. The Labute approximate surface area is 110 Å². The minimum absolute atomic E-state index is 0.118. The summed E-state index contributed by atoms with van der Waals surface area (Å²) in [5.41, 5.74) is 0. The summed E-state index contributed by atoms with van der Waals surface area (Å²) in [6.07, 6.45) is 2.08. The molecule has 2 unspecified atom stereocenters. The van der Waals surface area contributed by atoms with Gasteiger partial charge < -0.3 is 14.4 Å². The molecule has 2 atom stereocenters. The fraction of sp³-hybridized carbons (Fsp3) is 0.500. The van der Waals surface area contributed by atoms with Gasteiger partial charge in [-0.3, -0.25) is 4.79 Å². The third-order valence-corrected chi connectivity index (χ3v) is 3.65. The van der Waals surface area contributed by atoms with Gasteiger partial charge in [0.05, 0.1) is 6.26 Å². The minimum Gasteiger partial charge on any atom is -0.480 e. The first-order chi connectivity index (χ1) is 8.61. The highest BCUT2D eigenvalue weighted by Gasteiger charge is 2.37. The smallest absolute Gasteiger partial charge is 0.326 e. The summed E-state index contributed by atoms with van der Waals surface area (Å²) in [7, 11) is 0. The molecular formula is C12H15NO4S. The van der Waals surface area contributed by atoms with E-state index < -0.39 is 12.0 Å². The van der Waals surface area contributed by atoms with E-state index in [-0.39, 0.29) is 18.2 Å². The highest BCUT2D eigenvalue weighted by Crippen LogP contribution is 2.23. The summed E-state index contributed by atoms with van der Waals surface area (Å²) in [5.74, 6) is 0.186. The Balaban J connectivity index is 2.11. The average Bonchev–Trinajstić information content (AvgIpc) is 2.95. The number of thiol groups is 1. The van der Waals surface area contributed by atoms with Gasteiger partial charge in [-0.25, -0.2) is 4.79 Å². The second-order valence-corrected chi connectivity index (χ2v) is 4.80. The van der Waals surface area contributed by atoms with Crippen molar-refractivity contribution in [2.45, 2.75) is 18.9 Å². The van der Waals surface area contributed by atoms with Crippen LogP contribution in [0.3, 0.4) is 0 Å². The first-order valence-electron chi connectivity index (χ1n) is 5.77. The number of nitrogens with zero attached hydrogens (tertiary/aromatic N) is 1. The van der Waals surface area contributed by atoms with E-state index >= 15 is 0 Å². The fourth-order valence-corrected chi connectivity index (χ4v) is 2.43. The summed E-state index contributed by atoms with van der Waals surface area (Å²) in [6, 6.07) is 2.57. The Bertz CT molecular complexity index is 431. The molecule has 18 heavy (non-hydrogen) atoms. The largest absolute Gasteiger partial charge is 0.480 e. The van der Waals surface area contributed by atoms with Gasteiger partial charge in [0.25, 0.3) is 0 Å². The quantitative estimate of drug-likeness (QED) is 0.784. The topological polar surface area (TPSA) is 70.8 Å². The van der Waals surface area contributed by atoms with Crippen LogP contribution in [0.15, 0.2) is 22.8 Å². The number of carboxylic acid groups (broad SMARTS) is 1. The minimum atomic E-state index is -1.00. The number of amides is 1. The van der Waals surface area contributed by atoms with Crippen molar-refractivity contribution in [3.8, 4) is 0 Å². The average molecular weight is 269 g/mol. The van der Waals surface area contributed by atoms with Gasteiger partial charge in [0, 0.05) is 19.4 Å². The van der Waals surface area contributed by atoms with Crippen molar-refractivity contribution in [3.05, 3.63) is 24.2 Å². The number of hydrogen-bond donors (Lipinski definition) is 2. The predicted molar refractivity (Wildman–Crippen MR) is 67.5 cm³/mol. The van der Waals surface area contributed by atoms with E-state index in [1.54, 1.807) is 12.1 Å². The zero-order valence-electron chi connectivity index (χ0n) is 9.78. The highest BCUT2D eigenvalue weighted by atomic mass is 32.1. The molecule has 1 aliphatic rings. The molecule has 2 heterocycles. The standard InChI is InChI=1S/C12H15NO4S/c14-11-4-8(7-18)6-13(11)10(12(15)16)5-9-2-1-3-17-9/h1-3,8,10,18H,4-7H2,(H,15,16). The van der Waals surface area contributed by atoms with E-state index in [1.165, 1.54) is 11.2 Å². The summed E-state index contributed by atoms with van der Waals surface area (Å²) in [4.78, 5) is 24.5. The fourth-order valence-electron chi connectivity index (χ4n) is 2.18. The molecule has 1 aromatic heterocycles. The van der Waals surface area contributed by atoms with Crippen LogP contribution in [-0.2, 0) is 16.0 Å². The molecule has 0 aromatic carbocycles. The molecule has 1 saturated heterocycles. The van der Waals surface area contributed by atoms with E-state index in [2.05, 4.69) is 12.6 Å². The van der Waals surface area contributed by atoms with Crippen molar-refractivity contribution in [1.29, 1.82) is 0 Å². The Morgan fingerprint density at radius 3 is 2.94 bits per heavy atom. The summed E-state index contributed by atoms with van der Waals surface area (Å²) in [5, 5.41) is 9.25. The molecule has 6 heteroatoms. The number of furan rings is 1. The van der Waals surface area contributed by atoms with Gasteiger partial charge in [-0.1, -0.05) is 0 Å². The number of aliphatic carboxylic acids is 1. The SMILES string of the molecule is O=C(O)C(Cc1ccco1)N1CC(CS)CC1=O. The van der Waals surface area contributed by atoms with Crippen molar-refractivity contribution in [2.24, 2.45) is 5.92 Å². The molecular weight excluding hydrogens is 254 g/mol. The Morgan fingerprint density at radius 1 is 1.67 bits per heavy atom. The molecule has 0 bridgehead atoms. The highest BCUT2D eigenvalue weighted by molar-refractivity contribution is 7.80. The number of hydrogen-bond acceptors (Lipinski definition) is 4. The summed E-state index contributed by atoms with van der Waals surface area (Å²) in [6.45, 7) is 0.458. The Hall–Kier alpha value is -1.43. The maximum Gasteiger partial charge on any atom is 0.326 e. The number of carbonyl (C=O) groups excluding carboxylic acids is 1. The zero-order valence-corrected chi connectivity index (χ0v) is 10.7. The monoisotopic (exact) mass is 269 g/mol. The maximum atomic E-state index is 11.8. The molecule has 5 nitrogen and oxygen atoms in total. The Morgan fingerprint density at radius 2 is 2.44 bits per heavy atom. The van der Waals surface area contributed by atoms with Gasteiger partial charge in [0.1, 0.15) is 11.8 Å².